The van der Waals surface area contributed by atoms with Crippen molar-refractivity contribution in [3.63, 3.8) is 0 Å². The van der Waals surface area contributed by atoms with Crippen LogP contribution < -0.4 is 10.9 Å². The minimum absolute atomic E-state index is 0. The Kier molecular flexibility index (Phi) is 6.07. The number of fused-ring (bicyclic) bond motifs is 2. The van der Waals surface area contributed by atoms with E-state index in [-0.39, 0.29) is 36.2 Å². The van der Waals surface area contributed by atoms with Gasteiger partial charge in [0.1, 0.15) is 11.5 Å². The van der Waals surface area contributed by atoms with Gasteiger partial charge in [-0.25, -0.2) is 9.37 Å². The summed E-state index contributed by atoms with van der Waals surface area (Å²) in [6, 6.07) is 8.19. The molecule has 2 N–H and O–H groups in total. The summed E-state index contributed by atoms with van der Waals surface area (Å²) >= 11 is 0. The second-order valence-corrected chi connectivity index (χ2v) is 6.65. The molecule has 0 saturated carbocycles. The number of imidazole rings is 1. The predicted octanol–water partition coefficient (Wildman–Crippen LogP) is 2.72. The van der Waals surface area contributed by atoms with Gasteiger partial charge in [0.15, 0.2) is 5.82 Å². The van der Waals surface area contributed by atoms with Gasteiger partial charge in [-0.05, 0) is 35.7 Å². The molecule has 1 aliphatic heterocycles. The summed E-state index contributed by atoms with van der Waals surface area (Å²) in [5.74, 6) is 0.344. The topological polar surface area (TPSA) is 80.5 Å². The molecule has 0 fully saturated rings. The lowest BCUT2D eigenvalue weighted by Gasteiger charge is -2.13. The highest BCUT2D eigenvalue weighted by Crippen LogP contribution is 2.20. The Labute approximate surface area is 177 Å². The van der Waals surface area contributed by atoms with Gasteiger partial charge in [0.2, 0.25) is 0 Å². The van der Waals surface area contributed by atoms with Crippen LogP contribution in [-0.4, -0.2) is 30.9 Å². The molecular weight excluding hydrogens is 418 g/mol. The molecule has 0 aliphatic carbocycles. The Bertz CT molecular complexity index is 1190. The van der Waals surface area contributed by atoms with Crippen molar-refractivity contribution < 1.29 is 4.39 Å². The van der Waals surface area contributed by atoms with E-state index >= 15 is 0 Å². The van der Waals surface area contributed by atoms with Crippen LogP contribution in [0.3, 0.4) is 0 Å². The maximum atomic E-state index is 13.4. The number of aromatic amines is 1. The van der Waals surface area contributed by atoms with Crippen molar-refractivity contribution in [3.05, 3.63) is 70.2 Å². The predicted molar refractivity (Wildman–Crippen MR) is 113 cm³/mol. The standard InChI is InChI=1S/C19H17FN6O.2ClH/c20-14-2-1-12-7-13(19(27)23-16(12)8-14)11-25-5-4-22-18(25)17-9-15-10-21-3-6-26(15)24-17;;/h1-2,4-5,7-9,21H,3,6,10-11H2,(H,23,27);2*1H. The van der Waals surface area contributed by atoms with Gasteiger partial charge in [-0.15, -0.1) is 24.8 Å². The zero-order valence-electron chi connectivity index (χ0n) is 15.3. The monoisotopic (exact) mass is 436 g/mol. The molecule has 1 aromatic carbocycles. The normalized spacial score (nSPS) is 12.9. The lowest BCUT2D eigenvalue weighted by Crippen LogP contribution is -2.28. The highest BCUT2D eigenvalue weighted by molar-refractivity contribution is 5.85. The highest BCUT2D eigenvalue weighted by Gasteiger charge is 2.16. The fourth-order valence-electron chi connectivity index (χ4n) is 3.49. The molecule has 152 valence electrons. The molecular formula is C19H19Cl2FN6O. The Morgan fingerprint density at radius 2 is 2.03 bits per heavy atom. The Balaban J connectivity index is 0.00000120. The van der Waals surface area contributed by atoms with E-state index < -0.39 is 0 Å². The first kappa shape index (κ1) is 21.0. The van der Waals surface area contributed by atoms with Crippen LogP contribution >= 0.6 is 24.8 Å². The van der Waals surface area contributed by atoms with Crippen molar-refractivity contribution in [2.45, 2.75) is 19.6 Å². The number of nitrogens with zero attached hydrogens (tertiary/aromatic N) is 4. The van der Waals surface area contributed by atoms with Crippen LogP contribution in [0.1, 0.15) is 11.3 Å². The highest BCUT2D eigenvalue weighted by atomic mass is 35.5. The summed E-state index contributed by atoms with van der Waals surface area (Å²) in [5.41, 5.74) is 2.75. The van der Waals surface area contributed by atoms with Crippen LogP contribution in [0.4, 0.5) is 4.39 Å². The first-order valence-corrected chi connectivity index (χ1v) is 8.78. The molecule has 0 radical (unpaired) electrons. The van der Waals surface area contributed by atoms with Crippen molar-refractivity contribution in [2.75, 3.05) is 6.54 Å². The fourth-order valence-corrected chi connectivity index (χ4v) is 3.49. The summed E-state index contributed by atoms with van der Waals surface area (Å²) in [7, 11) is 0. The number of rotatable bonds is 3. The number of hydrogen-bond acceptors (Lipinski definition) is 4. The summed E-state index contributed by atoms with van der Waals surface area (Å²) in [4.78, 5) is 19.6. The Hall–Kier alpha value is -2.68. The molecule has 1 aliphatic rings. The molecule has 0 amide bonds. The lowest BCUT2D eigenvalue weighted by molar-refractivity contribution is 0.476. The third-order valence-electron chi connectivity index (χ3n) is 4.84. The molecule has 0 unspecified atom stereocenters. The van der Waals surface area contributed by atoms with E-state index in [1.165, 1.54) is 12.1 Å². The zero-order chi connectivity index (χ0) is 18.4. The molecule has 4 aromatic rings. The summed E-state index contributed by atoms with van der Waals surface area (Å²) in [5, 5.41) is 8.75. The van der Waals surface area contributed by atoms with Gasteiger partial charge in [-0.1, -0.05) is 0 Å². The molecule has 7 nitrogen and oxygen atoms in total. The van der Waals surface area contributed by atoms with E-state index in [1.54, 1.807) is 18.3 Å². The molecule has 5 rings (SSSR count). The molecule has 0 bridgehead atoms. The van der Waals surface area contributed by atoms with E-state index in [1.807, 2.05) is 21.5 Å². The van der Waals surface area contributed by atoms with Crippen LogP contribution in [0.5, 0.6) is 0 Å². The van der Waals surface area contributed by atoms with E-state index in [2.05, 4.69) is 20.4 Å². The van der Waals surface area contributed by atoms with Gasteiger partial charge in [0, 0.05) is 31.0 Å². The molecule has 0 spiro atoms. The number of aromatic nitrogens is 5. The zero-order valence-corrected chi connectivity index (χ0v) is 16.9. The van der Waals surface area contributed by atoms with E-state index in [0.717, 1.165) is 42.2 Å². The number of H-pyrrole nitrogens is 1. The third kappa shape index (κ3) is 3.91. The van der Waals surface area contributed by atoms with E-state index in [9.17, 15) is 9.18 Å². The molecule has 0 saturated heterocycles. The molecule has 4 heterocycles. The minimum atomic E-state index is -0.374. The van der Waals surface area contributed by atoms with Crippen LogP contribution in [-0.2, 0) is 19.6 Å². The minimum Gasteiger partial charge on any atom is -0.325 e. The Morgan fingerprint density at radius 1 is 1.17 bits per heavy atom. The maximum Gasteiger partial charge on any atom is 0.253 e. The number of hydrogen-bond donors (Lipinski definition) is 2. The van der Waals surface area contributed by atoms with Crippen LogP contribution in [0.15, 0.2) is 47.5 Å². The first-order valence-electron chi connectivity index (χ1n) is 8.78. The van der Waals surface area contributed by atoms with Crippen molar-refractivity contribution >= 4 is 35.7 Å². The van der Waals surface area contributed by atoms with Gasteiger partial charge >= 0.3 is 0 Å². The number of nitrogens with one attached hydrogen (secondary N) is 2. The Morgan fingerprint density at radius 3 is 2.86 bits per heavy atom. The number of pyridine rings is 1. The van der Waals surface area contributed by atoms with E-state index in [4.69, 9.17) is 0 Å². The average Bonchev–Trinajstić information content (AvgIpc) is 3.28. The van der Waals surface area contributed by atoms with Gasteiger partial charge in [-0.3, -0.25) is 9.48 Å². The van der Waals surface area contributed by atoms with Crippen molar-refractivity contribution in [1.29, 1.82) is 0 Å². The van der Waals surface area contributed by atoms with Crippen molar-refractivity contribution in [1.82, 2.24) is 29.6 Å². The summed E-state index contributed by atoms with van der Waals surface area (Å²) in [6.45, 7) is 2.87. The van der Waals surface area contributed by atoms with Crippen LogP contribution in [0, 0.1) is 5.82 Å². The van der Waals surface area contributed by atoms with Gasteiger partial charge < -0.3 is 14.9 Å². The van der Waals surface area contributed by atoms with Gasteiger partial charge in [-0.2, -0.15) is 5.10 Å². The van der Waals surface area contributed by atoms with Crippen LogP contribution in [0.2, 0.25) is 0 Å². The van der Waals surface area contributed by atoms with E-state index in [0.29, 0.717) is 17.6 Å². The third-order valence-corrected chi connectivity index (χ3v) is 4.84. The maximum absolute atomic E-state index is 13.4. The van der Waals surface area contributed by atoms with Crippen molar-refractivity contribution in [2.24, 2.45) is 0 Å². The molecule has 29 heavy (non-hydrogen) atoms. The molecule has 0 atom stereocenters. The average molecular weight is 437 g/mol. The molecule has 10 heteroatoms. The molecule has 3 aromatic heterocycles. The smallest absolute Gasteiger partial charge is 0.253 e. The van der Waals surface area contributed by atoms with Crippen LogP contribution in [0.25, 0.3) is 22.4 Å². The SMILES string of the molecule is Cl.Cl.O=c1[nH]c2cc(F)ccc2cc1Cn1ccnc1-c1cc2n(n1)CCNC2. The summed E-state index contributed by atoms with van der Waals surface area (Å²) in [6.07, 6.45) is 3.54. The second-order valence-electron chi connectivity index (χ2n) is 6.65. The fraction of sp³-hybridized carbons (Fsp3) is 0.211. The largest absolute Gasteiger partial charge is 0.325 e. The number of benzene rings is 1. The van der Waals surface area contributed by atoms with Crippen molar-refractivity contribution in [3.8, 4) is 11.5 Å². The van der Waals surface area contributed by atoms with Gasteiger partial charge in [0.25, 0.3) is 5.56 Å². The second kappa shape index (κ2) is 8.36. The quantitative estimate of drug-likeness (QED) is 0.517. The number of halogens is 3. The lowest BCUT2D eigenvalue weighted by atomic mass is 10.1. The summed E-state index contributed by atoms with van der Waals surface area (Å²) < 4.78 is 17.3. The van der Waals surface area contributed by atoms with Gasteiger partial charge in [0.05, 0.1) is 24.3 Å². The first-order chi connectivity index (χ1) is 13.2.